The van der Waals surface area contributed by atoms with Crippen LogP contribution in [0.2, 0.25) is 0 Å². The van der Waals surface area contributed by atoms with Crippen LogP contribution in [0.5, 0.6) is 0 Å². The van der Waals surface area contributed by atoms with Crippen molar-refractivity contribution < 1.29 is 0 Å². The molecule has 0 saturated heterocycles. The van der Waals surface area contributed by atoms with E-state index < -0.39 is 0 Å². The average molecular weight is 881 g/mol. The molecule has 1 aliphatic carbocycles. The Morgan fingerprint density at radius 2 is 0.710 bits per heavy atom. The maximum absolute atomic E-state index is 2.44. The third-order valence-electron chi connectivity index (χ3n) is 14.6. The summed E-state index contributed by atoms with van der Waals surface area (Å²) >= 11 is 0. The molecule has 2 heteroatoms. The van der Waals surface area contributed by atoms with E-state index in [1.807, 2.05) is 0 Å². The van der Waals surface area contributed by atoms with Gasteiger partial charge in [-0.25, -0.2) is 0 Å². The fourth-order valence-electron chi connectivity index (χ4n) is 11.0. The van der Waals surface area contributed by atoms with Gasteiger partial charge in [0.1, 0.15) is 0 Å². The fourth-order valence-corrected chi connectivity index (χ4v) is 11.0. The first-order chi connectivity index (χ1) is 33.9. The lowest BCUT2D eigenvalue weighted by Gasteiger charge is -2.36. The smallest absolute Gasteiger partial charge is 0.0468 e. The minimum Gasteiger partial charge on any atom is -0.310 e. The molecule has 0 amide bonds. The molecule has 0 bridgehead atoms. The van der Waals surface area contributed by atoms with Crippen LogP contribution in [0, 0.1) is 0 Å². The van der Waals surface area contributed by atoms with Gasteiger partial charge in [-0.3, -0.25) is 0 Å². The molecule has 13 rings (SSSR count). The molecule has 69 heavy (non-hydrogen) atoms. The number of anilines is 6. The lowest BCUT2D eigenvalue weighted by Crippen LogP contribution is -2.23. The van der Waals surface area contributed by atoms with E-state index in [0.29, 0.717) is 0 Å². The number of nitrogens with zero attached hydrogens (tertiary/aromatic N) is 2. The molecule has 0 N–H and O–H groups in total. The molecule has 0 heterocycles. The van der Waals surface area contributed by atoms with E-state index in [9.17, 15) is 0 Å². The summed E-state index contributed by atoms with van der Waals surface area (Å²) < 4.78 is 0. The first-order valence-electron chi connectivity index (χ1n) is 24.0. The van der Waals surface area contributed by atoms with Gasteiger partial charge in [0.2, 0.25) is 0 Å². The Hall–Kier alpha value is -8.72. The van der Waals surface area contributed by atoms with Gasteiger partial charge in [-0.1, -0.05) is 178 Å². The number of hydrogen-bond donors (Lipinski definition) is 0. The van der Waals surface area contributed by atoms with Gasteiger partial charge >= 0.3 is 0 Å². The number of hydrogen-bond acceptors (Lipinski definition) is 2. The fraction of sp³-hybridized carbons (Fsp3) is 0.0448. The van der Waals surface area contributed by atoms with Crippen molar-refractivity contribution in [1.82, 2.24) is 0 Å². The molecular formula is C67H48N2. The Morgan fingerprint density at radius 3 is 1.28 bits per heavy atom. The summed E-state index contributed by atoms with van der Waals surface area (Å²) in [6, 6.07) is 93.6. The molecule has 0 spiro atoms. The summed E-state index contributed by atoms with van der Waals surface area (Å²) in [5.74, 6) is 0. The zero-order chi connectivity index (χ0) is 46.1. The summed E-state index contributed by atoms with van der Waals surface area (Å²) in [5, 5.41) is 10.1. The van der Waals surface area contributed by atoms with Crippen molar-refractivity contribution in [1.29, 1.82) is 0 Å². The second-order valence-corrected chi connectivity index (χ2v) is 19.0. The van der Waals surface area contributed by atoms with E-state index in [4.69, 9.17) is 0 Å². The number of para-hydroxylation sites is 2. The van der Waals surface area contributed by atoms with Crippen molar-refractivity contribution in [2.24, 2.45) is 0 Å². The minimum atomic E-state index is -0.214. The van der Waals surface area contributed by atoms with Crippen LogP contribution >= 0.6 is 0 Å². The molecule has 0 radical (unpaired) electrons. The molecule has 0 aromatic heterocycles. The highest BCUT2D eigenvalue weighted by Crippen LogP contribution is 2.51. The average Bonchev–Trinajstić information content (AvgIpc) is 3.41. The number of rotatable bonds is 8. The molecule has 1 aliphatic rings. The van der Waals surface area contributed by atoms with Crippen molar-refractivity contribution in [3.8, 4) is 33.4 Å². The highest BCUT2D eigenvalue weighted by atomic mass is 15.1. The topological polar surface area (TPSA) is 6.48 Å². The van der Waals surface area contributed by atoms with Gasteiger partial charge in [0, 0.05) is 39.5 Å². The van der Waals surface area contributed by atoms with Gasteiger partial charge in [-0.2, -0.15) is 0 Å². The van der Waals surface area contributed by atoms with Gasteiger partial charge in [-0.05, 0) is 179 Å². The van der Waals surface area contributed by atoms with Crippen LogP contribution in [0.4, 0.5) is 34.1 Å². The zero-order valence-electron chi connectivity index (χ0n) is 38.6. The quantitative estimate of drug-likeness (QED) is 0.140. The monoisotopic (exact) mass is 880 g/mol. The van der Waals surface area contributed by atoms with Crippen LogP contribution in [0.15, 0.2) is 255 Å². The van der Waals surface area contributed by atoms with E-state index in [1.165, 1.54) is 87.6 Å². The Kier molecular flexibility index (Phi) is 9.55. The van der Waals surface area contributed by atoms with E-state index in [-0.39, 0.29) is 5.41 Å². The second kappa shape index (κ2) is 16.3. The predicted molar refractivity (Wildman–Crippen MR) is 294 cm³/mol. The normalized spacial score (nSPS) is 12.6. The summed E-state index contributed by atoms with van der Waals surface area (Å²) in [7, 11) is 0. The molecule has 0 saturated carbocycles. The van der Waals surface area contributed by atoms with Gasteiger partial charge in [0.15, 0.2) is 0 Å². The van der Waals surface area contributed by atoms with Crippen LogP contribution in [0.1, 0.15) is 25.0 Å². The molecule has 0 fully saturated rings. The summed E-state index contributed by atoms with van der Waals surface area (Å²) in [5.41, 5.74) is 16.7. The van der Waals surface area contributed by atoms with Crippen molar-refractivity contribution in [2.75, 3.05) is 9.80 Å². The highest BCUT2D eigenvalue weighted by molar-refractivity contribution is 6.17. The van der Waals surface area contributed by atoms with Gasteiger partial charge in [-0.15, -0.1) is 0 Å². The third-order valence-corrected chi connectivity index (χ3v) is 14.6. The van der Waals surface area contributed by atoms with Crippen molar-refractivity contribution >= 4 is 77.2 Å². The molecule has 326 valence electrons. The molecule has 0 unspecified atom stereocenters. The number of fused-ring (bicyclic) bond motifs is 6. The summed E-state index contributed by atoms with van der Waals surface area (Å²) in [6.07, 6.45) is 0. The third kappa shape index (κ3) is 6.95. The second-order valence-electron chi connectivity index (χ2n) is 19.0. The predicted octanol–water partition coefficient (Wildman–Crippen LogP) is 18.9. The zero-order valence-corrected chi connectivity index (χ0v) is 38.6. The van der Waals surface area contributed by atoms with E-state index in [1.54, 1.807) is 0 Å². The Morgan fingerprint density at radius 1 is 0.261 bits per heavy atom. The van der Waals surface area contributed by atoms with Crippen LogP contribution < -0.4 is 9.80 Å². The van der Waals surface area contributed by atoms with Crippen molar-refractivity contribution in [2.45, 2.75) is 19.3 Å². The van der Waals surface area contributed by atoms with Crippen LogP contribution in [0.25, 0.3) is 76.5 Å². The molecule has 0 atom stereocenters. The summed E-state index contributed by atoms with van der Waals surface area (Å²) in [4.78, 5) is 4.69. The van der Waals surface area contributed by atoms with Crippen LogP contribution in [0.3, 0.4) is 0 Å². The lowest BCUT2D eigenvalue weighted by atomic mass is 9.67. The number of benzene rings is 12. The van der Waals surface area contributed by atoms with Gasteiger partial charge < -0.3 is 9.80 Å². The molecule has 12 aromatic rings. The molecule has 12 aromatic carbocycles. The van der Waals surface area contributed by atoms with E-state index in [0.717, 1.165) is 34.1 Å². The van der Waals surface area contributed by atoms with Gasteiger partial charge in [0.25, 0.3) is 0 Å². The Labute approximate surface area is 403 Å². The Balaban J connectivity index is 0.845. The maximum Gasteiger partial charge on any atom is 0.0468 e. The Bertz CT molecular complexity index is 3910. The SMILES string of the molecule is CC1(C)c2cc(-c3ccc(N(c4ccccc4)c4ccc5ccccc5c4)cc3)ccc2-c2cc3ccc(-c4ccc(N(c5ccccc5)c5ccc6ccccc6c5)cc4)cc3c3cccc1c23. The molecular weight excluding hydrogens is 833 g/mol. The lowest BCUT2D eigenvalue weighted by molar-refractivity contribution is 0.645. The molecule has 0 aliphatic heterocycles. The first-order valence-corrected chi connectivity index (χ1v) is 24.0. The summed E-state index contributed by atoms with van der Waals surface area (Å²) in [6.45, 7) is 4.80. The van der Waals surface area contributed by atoms with Crippen molar-refractivity contribution in [3.05, 3.63) is 266 Å². The van der Waals surface area contributed by atoms with Gasteiger partial charge in [0.05, 0.1) is 0 Å². The van der Waals surface area contributed by atoms with E-state index in [2.05, 4.69) is 278 Å². The largest absolute Gasteiger partial charge is 0.310 e. The molecule has 2 nitrogen and oxygen atoms in total. The first kappa shape index (κ1) is 40.5. The minimum absolute atomic E-state index is 0.214. The van der Waals surface area contributed by atoms with E-state index >= 15 is 0 Å². The van der Waals surface area contributed by atoms with Crippen molar-refractivity contribution in [3.63, 3.8) is 0 Å². The maximum atomic E-state index is 2.44. The van der Waals surface area contributed by atoms with Crippen LogP contribution in [-0.2, 0) is 5.41 Å². The van der Waals surface area contributed by atoms with Crippen LogP contribution in [-0.4, -0.2) is 0 Å². The highest BCUT2D eigenvalue weighted by Gasteiger charge is 2.34. The standard InChI is InChI=1S/C67H48N2/c1-67(2)64-23-13-22-61-62-42-51(47-26-33-56(34-27-47)68(54-18-5-3-6-19-54)58-37-30-45-14-9-11-16-49(45)40-58)24-25-53(62)43-63(66(61)64)60-39-32-52(44-65(60)67)48-28-35-57(36-29-48)69(55-20-7-4-8-21-55)59-38-31-46-15-10-12-17-50(46)41-59/h3-44H,1-2H3.